The molecule has 0 radical (unpaired) electrons. The van der Waals surface area contributed by atoms with Crippen LogP contribution in [-0.4, -0.2) is 43.1 Å². The van der Waals surface area contributed by atoms with E-state index in [4.69, 9.17) is 9.40 Å². The van der Waals surface area contributed by atoms with Crippen LogP contribution in [-0.2, 0) is 0 Å². The number of oxazole rings is 1. The molecule has 1 aromatic heterocycles. The number of nitriles is 1. The summed E-state index contributed by atoms with van der Waals surface area (Å²) in [6.45, 7) is 4.01. The molecule has 0 N–H and O–H groups in total. The largest absolute Gasteiger partial charge is 0.438 e. The maximum atomic E-state index is 10.00. The summed E-state index contributed by atoms with van der Waals surface area (Å²) in [5.74, 6) is 1.22. The van der Waals surface area contributed by atoms with Gasteiger partial charge in [0.15, 0.2) is 11.5 Å². The minimum absolute atomic E-state index is 0.414. The summed E-state index contributed by atoms with van der Waals surface area (Å²) in [4.78, 5) is 9.60. The van der Waals surface area contributed by atoms with Crippen molar-refractivity contribution in [2.24, 2.45) is 0 Å². The Morgan fingerprint density at radius 2 is 1.80 bits per heavy atom. The predicted molar refractivity (Wildman–Crippen MR) is 120 cm³/mol. The van der Waals surface area contributed by atoms with E-state index in [1.54, 1.807) is 0 Å². The Balaban J connectivity index is 1.73. The molecule has 0 spiro atoms. The summed E-state index contributed by atoms with van der Waals surface area (Å²) in [5.41, 5.74) is 6.53. The normalized spacial score (nSPS) is 17.6. The van der Waals surface area contributed by atoms with Crippen LogP contribution in [0.5, 0.6) is 0 Å². The monoisotopic (exact) mass is 400 g/mol. The Kier molecular flexibility index (Phi) is 4.75. The van der Waals surface area contributed by atoms with Crippen LogP contribution >= 0.6 is 0 Å². The highest BCUT2D eigenvalue weighted by Gasteiger charge is 2.33. The number of aromatic nitrogens is 1. The average Bonchev–Trinajstić information content (AvgIpc) is 3.53. The Labute approximate surface area is 177 Å². The zero-order chi connectivity index (χ0) is 20.8. The lowest BCUT2D eigenvalue weighted by atomic mass is 9.92. The van der Waals surface area contributed by atoms with E-state index in [0.717, 1.165) is 78.1 Å². The minimum Gasteiger partial charge on any atom is -0.438 e. The molecule has 0 atom stereocenters. The Hall–Kier alpha value is -2.84. The van der Waals surface area contributed by atoms with Crippen LogP contribution in [0, 0.1) is 18.3 Å². The highest BCUT2D eigenvalue weighted by atomic mass is 16.4. The smallest absolute Gasteiger partial charge is 0.198 e. The summed E-state index contributed by atoms with van der Waals surface area (Å²) in [6, 6.07) is 13.4. The molecule has 1 aliphatic carbocycles. The Bertz CT molecular complexity index is 1110. The molecular formula is C25H28N4O. The third-order valence-electron chi connectivity index (χ3n) is 6.69. The fourth-order valence-electron chi connectivity index (χ4n) is 4.77. The highest BCUT2D eigenvalue weighted by molar-refractivity contribution is 6.02. The van der Waals surface area contributed by atoms with Crippen molar-refractivity contribution in [3.8, 4) is 17.2 Å². The van der Waals surface area contributed by atoms with E-state index in [1.165, 1.54) is 0 Å². The van der Waals surface area contributed by atoms with Gasteiger partial charge in [0.05, 0.1) is 11.3 Å². The number of piperidine rings is 1. The second-order valence-electron chi connectivity index (χ2n) is 8.89. The van der Waals surface area contributed by atoms with Crippen molar-refractivity contribution in [1.82, 2.24) is 9.88 Å². The molecular weight excluding hydrogens is 372 g/mol. The molecule has 2 heterocycles. The molecule has 5 heteroatoms. The van der Waals surface area contributed by atoms with Crippen molar-refractivity contribution < 1.29 is 4.42 Å². The first-order valence-electron chi connectivity index (χ1n) is 10.9. The van der Waals surface area contributed by atoms with E-state index in [2.05, 4.69) is 61.2 Å². The van der Waals surface area contributed by atoms with Gasteiger partial charge in [-0.1, -0.05) is 30.3 Å². The van der Waals surface area contributed by atoms with E-state index in [9.17, 15) is 5.26 Å². The molecule has 2 aliphatic rings. The maximum absolute atomic E-state index is 10.00. The molecule has 154 valence electrons. The Morgan fingerprint density at radius 1 is 1.10 bits per heavy atom. The molecule has 1 saturated heterocycles. The van der Waals surface area contributed by atoms with Crippen molar-refractivity contribution >= 4 is 16.8 Å². The molecule has 0 unspecified atom stereocenters. The van der Waals surface area contributed by atoms with Crippen LogP contribution in [0.2, 0.25) is 0 Å². The zero-order valence-corrected chi connectivity index (χ0v) is 18.0. The van der Waals surface area contributed by atoms with Crippen LogP contribution in [0.3, 0.4) is 0 Å². The molecule has 2 fully saturated rings. The molecule has 2 aromatic carbocycles. The molecule has 0 amide bonds. The number of anilines is 1. The van der Waals surface area contributed by atoms with Crippen molar-refractivity contribution in [2.75, 3.05) is 32.1 Å². The first-order valence-corrected chi connectivity index (χ1v) is 10.9. The van der Waals surface area contributed by atoms with Gasteiger partial charge in [0.2, 0.25) is 0 Å². The Morgan fingerprint density at radius 3 is 2.40 bits per heavy atom. The first kappa shape index (κ1) is 19.1. The lowest BCUT2D eigenvalue weighted by molar-refractivity contribution is 0.249. The number of fused-ring (bicyclic) bond motifs is 1. The summed E-state index contributed by atoms with van der Waals surface area (Å²) < 4.78 is 6.40. The second kappa shape index (κ2) is 7.45. The van der Waals surface area contributed by atoms with Gasteiger partial charge in [-0.15, -0.1) is 0 Å². The second-order valence-corrected chi connectivity index (χ2v) is 8.89. The fraction of sp³-hybridized carbons (Fsp3) is 0.440. The van der Waals surface area contributed by atoms with E-state index in [-0.39, 0.29) is 0 Å². The van der Waals surface area contributed by atoms with Gasteiger partial charge < -0.3 is 14.2 Å². The highest BCUT2D eigenvalue weighted by Crippen LogP contribution is 2.47. The van der Waals surface area contributed by atoms with Crippen molar-refractivity contribution in [3.05, 3.63) is 47.3 Å². The summed E-state index contributed by atoms with van der Waals surface area (Å²) in [7, 11) is 4.33. The van der Waals surface area contributed by atoms with Gasteiger partial charge in [0.1, 0.15) is 11.6 Å². The van der Waals surface area contributed by atoms with Gasteiger partial charge >= 0.3 is 0 Å². The number of nitrogens with zero attached hydrogens (tertiary/aromatic N) is 4. The van der Waals surface area contributed by atoms with Crippen LogP contribution < -0.4 is 4.90 Å². The lowest BCUT2D eigenvalue weighted by Crippen LogP contribution is -2.42. The van der Waals surface area contributed by atoms with E-state index in [1.807, 2.05) is 6.07 Å². The van der Waals surface area contributed by atoms with E-state index < -0.39 is 0 Å². The van der Waals surface area contributed by atoms with Gasteiger partial charge in [-0.05, 0) is 57.8 Å². The fourth-order valence-corrected chi connectivity index (χ4v) is 4.77. The van der Waals surface area contributed by atoms with Crippen LogP contribution in [0.4, 0.5) is 5.69 Å². The third-order valence-corrected chi connectivity index (χ3v) is 6.69. The summed E-state index contributed by atoms with van der Waals surface area (Å²) in [5, 5.41) is 10.00. The quantitative estimate of drug-likeness (QED) is 0.611. The number of rotatable bonds is 4. The van der Waals surface area contributed by atoms with E-state index >= 15 is 0 Å². The van der Waals surface area contributed by atoms with Gasteiger partial charge in [-0.25, -0.2) is 4.98 Å². The maximum Gasteiger partial charge on any atom is 0.198 e. The van der Waals surface area contributed by atoms with E-state index in [0.29, 0.717) is 17.5 Å². The number of hydrogen-bond acceptors (Lipinski definition) is 5. The van der Waals surface area contributed by atoms with Crippen molar-refractivity contribution in [1.29, 1.82) is 5.26 Å². The number of hydrogen-bond donors (Lipinski definition) is 0. The molecule has 1 saturated carbocycles. The number of benzene rings is 2. The molecule has 30 heavy (non-hydrogen) atoms. The first-order chi connectivity index (χ1) is 14.6. The van der Waals surface area contributed by atoms with Gasteiger partial charge in [-0.2, -0.15) is 5.26 Å². The van der Waals surface area contributed by atoms with Gasteiger partial charge in [-0.3, -0.25) is 0 Å². The summed E-state index contributed by atoms with van der Waals surface area (Å²) in [6.07, 6.45) is 4.49. The third kappa shape index (κ3) is 3.16. The predicted octanol–water partition coefficient (Wildman–Crippen LogP) is 5.08. The van der Waals surface area contributed by atoms with Crippen molar-refractivity contribution in [2.45, 2.75) is 44.6 Å². The van der Waals surface area contributed by atoms with Gasteiger partial charge in [0, 0.05) is 30.6 Å². The van der Waals surface area contributed by atoms with Crippen LogP contribution in [0.1, 0.15) is 48.6 Å². The summed E-state index contributed by atoms with van der Waals surface area (Å²) >= 11 is 0. The average molecular weight is 401 g/mol. The topological polar surface area (TPSA) is 56.3 Å². The minimum atomic E-state index is 0.414. The SMILES string of the molecule is Cc1c(-c2ccccc2)c(N2CCC(N(C)C)CC2)c2oc(C3CC3)nc2c1C#N. The molecule has 1 aliphatic heterocycles. The molecule has 0 bridgehead atoms. The van der Waals surface area contributed by atoms with Crippen molar-refractivity contribution in [3.63, 3.8) is 0 Å². The standard InChI is InChI=1S/C25H28N4O/c1-16-20(15-26)22-24(30-25(27-22)18-9-10-18)23(21(16)17-7-5-4-6-8-17)29-13-11-19(12-14-29)28(2)3/h4-8,18-19H,9-14H2,1-3H3. The van der Waals surface area contributed by atoms with Crippen LogP contribution in [0.15, 0.2) is 34.7 Å². The molecule has 5 nitrogen and oxygen atoms in total. The zero-order valence-electron chi connectivity index (χ0n) is 18.0. The lowest BCUT2D eigenvalue weighted by Gasteiger charge is -2.37. The van der Waals surface area contributed by atoms with Gasteiger partial charge in [0.25, 0.3) is 0 Å². The van der Waals surface area contributed by atoms with Crippen LogP contribution in [0.25, 0.3) is 22.2 Å². The molecule has 3 aromatic rings. The molecule has 5 rings (SSSR count).